The van der Waals surface area contributed by atoms with Gasteiger partial charge in [-0.25, -0.2) is 4.98 Å². The number of hydrogen-bond acceptors (Lipinski definition) is 7. The molecule has 1 aliphatic heterocycles. The second kappa shape index (κ2) is 5.40. The number of aryl methyl sites for hydroxylation is 1. The topological polar surface area (TPSA) is 80.3 Å². The highest BCUT2D eigenvalue weighted by Gasteiger charge is 2.23. The fourth-order valence-electron chi connectivity index (χ4n) is 3.35. The maximum absolute atomic E-state index is 4.83. The van der Waals surface area contributed by atoms with Gasteiger partial charge >= 0.3 is 0 Å². The van der Waals surface area contributed by atoms with Gasteiger partial charge in [0.15, 0.2) is 5.82 Å². The van der Waals surface area contributed by atoms with Crippen molar-refractivity contribution in [3.63, 3.8) is 0 Å². The summed E-state index contributed by atoms with van der Waals surface area (Å²) in [6.45, 7) is 3.55. The first kappa shape index (κ1) is 14.1. The molecule has 0 bridgehead atoms. The fraction of sp³-hybridized carbons (Fsp3) is 0.312. The van der Waals surface area contributed by atoms with Crippen LogP contribution in [-0.4, -0.2) is 61.0 Å². The lowest BCUT2D eigenvalue weighted by atomic mass is 10.2. The second-order valence-corrected chi connectivity index (χ2v) is 6.18. The first-order valence-corrected chi connectivity index (χ1v) is 8.25. The van der Waals surface area contributed by atoms with Crippen LogP contribution < -0.4 is 9.80 Å². The Bertz CT molecular complexity index is 1040. The SMILES string of the molecule is Cn1cc(N2CCN(c3nc4ccccc4n4nnnc34)CC2)cn1. The van der Waals surface area contributed by atoms with Crippen molar-refractivity contribution in [3.05, 3.63) is 36.7 Å². The lowest BCUT2D eigenvalue weighted by molar-refractivity contribution is 0.648. The minimum Gasteiger partial charge on any atom is -0.365 e. The Balaban J connectivity index is 1.48. The van der Waals surface area contributed by atoms with E-state index < -0.39 is 0 Å². The van der Waals surface area contributed by atoms with Crippen LogP contribution in [0.4, 0.5) is 11.5 Å². The molecule has 25 heavy (non-hydrogen) atoms. The summed E-state index contributed by atoms with van der Waals surface area (Å²) in [6, 6.07) is 7.93. The number of nitrogens with zero attached hydrogens (tertiary/aromatic N) is 9. The van der Waals surface area contributed by atoms with Gasteiger partial charge in [0.1, 0.15) is 0 Å². The molecular weight excluding hydrogens is 318 g/mol. The molecule has 4 aromatic rings. The first-order chi connectivity index (χ1) is 12.3. The van der Waals surface area contributed by atoms with Crippen LogP contribution in [0.3, 0.4) is 0 Å². The van der Waals surface area contributed by atoms with Crippen LogP contribution in [0, 0.1) is 0 Å². The van der Waals surface area contributed by atoms with Gasteiger partial charge in [-0.15, -0.1) is 5.10 Å². The average Bonchev–Trinajstić information content (AvgIpc) is 3.30. The van der Waals surface area contributed by atoms with Crippen molar-refractivity contribution in [3.8, 4) is 0 Å². The summed E-state index contributed by atoms with van der Waals surface area (Å²) in [5.74, 6) is 0.842. The predicted octanol–water partition coefficient (Wildman–Crippen LogP) is 0.733. The number of anilines is 2. The summed E-state index contributed by atoms with van der Waals surface area (Å²) in [5, 5.41) is 16.4. The fourth-order valence-corrected chi connectivity index (χ4v) is 3.35. The molecule has 0 unspecified atom stereocenters. The minimum atomic E-state index is 0.702. The first-order valence-electron chi connectivity index (χ1n) is 8.25. The molecule has 1 fully saturated rings. The van der Waals surface area contributed by atoms with Crippen LogP contribution in [0.5, 0.6) is 0 Å². The summed E-state index contributed by atoms with van der Waals surface area (Å²) >= 11 is 0. The predicted molar refractivity (Wildman–Crippen MR) is 93.7 cm³/mol. The Hall–Kier alpha value is -3.23. The normalized spacial score (nSPS) is 15.4. The number of benzene rings is 1. The van der Waals surface area contributed by atoms with E-state index in [2.05, 4.69) is 30.4 Å². The van der Waals surface area contributed by atoms with Crippen LogP contribution in [0.2, 0.25) is 0 Å². The van der Waals surface area contributed by atoms with E-state index in [0.717, 1.165) is 48.7 Å². The maximum atomic E-state index is 4.83. The van der Waals surface area contributed by atoms with Gasteiger partial charge in [0.05, 0.1) is 22.9 Å². The van der Waals surface area contributed by atoms with E-state index in [1.165, 1.54) is 0 Å². The van der Waals surface area contributed by atoms with Crippen LogP contribution >= 0.6 is 0 Å². The molecule has 0 amide bonds. The van der Waals surface area contributed by atoms with Crippen molar-refractivity contribution in [2.24, 2.45) is 7.05 Å². The van der Waals surface area contributed by atoms with Gasteiger partial charge in [-0.05, 0) is 22.6 Å². The molecule has 5 rings (SSSR count). The van der Waals surface area contributed by atoms with Gasteiger partial charge in [-0.1, -0.05) is 12.1 Å². The zero-order valence-electron chi connectivity index (χ0n) is 13.8. The van der Waals surface area contributed by atoms with Crippen LogP contribution in [0.15, 0.2) is 36.7 Å². The standard InChI is InChI=1S/C16H17N9/c1-22-11-12(10-17-22)23-6-8-24(9-7-23)15-16-19-20-21-25(16)14-5-3-2-4-13(14)18-15/h2-5,10-11H,6-9H2,1H3. The molecule has 9 heteroatoms. The molecule has 0 aliphatic carbocycles. The van der Waals surface area contributed by atoms with Gasteiger partial charge in [-0.3, -0.25) is 4.68 Å². The summed E-state index contributed by atoms with van der Waals surface area (Å²) in [5.41, 5.74) is 3.67. The lowest BCUT2D eigenvalue weighted by Crippen LogP contribution is -2.47. The largest absolute Gasteiger partial charge is 0.365 e. The van der Waals surface area contributed by atoms with Crippen LogP contribution in [0.1, 0.15) is 0 Å². The van der Waals surface area contributed by atoms with Crippen LogP contribution in [-0.2, 0) is 7.05 Å². The number of para-hydroxylation sites is 2. The highest BCUT2D eigenvalue weighted by Crippen LogP contribution is 2.24. The zero-order chi connectivity index (χ0) is 16.8. The molecule has 1 aliphatic rings. The summed E-state index contributed by atoms with van der Waals surface area (Å²) < 4.78 is 3.60. The Labute approximate surface area is 143 Å². The third-order valence-corrected chi connectivity index (χ3v) is 4.64. The Morgan fingerprint density at radius 2 is 1.80 bits per heavy atom. The van der Waals surface area contributed by atoms with Crippen LogP contribution in [0.25, 0.3) is 16.7 Å². The Morgan fingerprint density at radius 1 is 1.00 bits per heavy atom. The molecule has 0 atom stereocenters. The van der Waals surface area contributed by atoms with Gasteiger partial charge in [0.25, 0.3) is 0 Å². The van der Waals surface area contributed by atoms with Gasteiger partial charge in [0.2, 0.25) is 5.65 Å². The molecule has 9 nitrogen and oxygen atoms in total. The third kappa shape index (κ3) is 2.27. The van der Waals surface area contributed by atoms with Crippen molar-refractivity contribution < 1.29 is 0 Å². The van der Waals surface area contributed by atoms with E-state index >= 15 is 0 Å². The smallest absolute Gasteiger partial charge is 0.222 e. The molecule has 3 aromatic heterocycles. The number of piperazine rings is 1. The number of hydrogen-bond donors (Lipinski definition) is 0. The molecule has 4 heterocycles. The molecule has 0 spiro atoms. The monoisotopic (exact) mass is 335 g/mol. The summed E-state index contributed by atoms with van der Waals surface area (Å²) in [6.07, 6.45) is 3.95. The number of aromatic nitrogens is 7. The van der Waals surface area contributed by atoms with E-state index in [9.17, 15) is 0 Å². The third-order valence-electron chi connectivity index (χ3n) is 4.64. The van der Waals surface area contributed by atoms with Crippen molar-refractivity contribution in [2.45, 2.75) is 0 Å². The van der Waals surface area contributed by atoms with Crippen molar-refractivity contribution in [2.75, 3.05) is 36.0 Å². The molecule has 1 aromatic carbocycles. The quantitative estimate of drug-likeness (QED) is 0.534. The Kier molecular flexibility index (Phi) is 3.06. The number of tetrazole rings is 1. The zero-order valence-corrected chi connectivity index (χ0v) is 13.8. The van der Waals surface area contributed by atoms with E-state index in [0.29, 0.717) is 5.65 Å². The van der Waals surface area contributed by atoms with Gasteiger partial charge < -0.3 is 9.80 Å². The molecule has 126 valence electrons. The maximum Gasteiger partial charge on any atom is 0.222 e. The molecule has 0 saturated carbocycles. The van der Waals surface area contributed by atoms with Crippen molar-refractivity contribution in [1.29, 1.82) is 0 Å². The lowest BCUT2D eigenvalue weighted by Gasteiger charge is -2.35. The van der Waals surface area contributed by atoms with Gasteiger partial charge in [0, 0.05) is 39.4 Å². The summed E-state index contributed by atoms with van der Waals surface area (Å²) in [7, 11) is 1.94. The van der Waals surface area contributed by atoms with E-state index in [4.69, 9.17) is 4.98 Å². The Morgan fingerprint density at radius 3 is 2.60 bits per heavy atom. The highest BCUT2D eigenvalue weighted by molar-refractivity contribution is 5.82. The second-order valence-electron chi connectivity index (χ2n) is 6.18. The van der Waals surface area contributed by atoms with E-state index in [-0.39, 0.29) is 0 Å². The van der Waals surface area contributed by atoms with Crippen molar-refractivity contribution >= 4 is 28.2 Å². The highest BCUT2D eigenvalue weighted by atomic mass is 15.5. The molecule has 1 saturated heterocycles. The number of rotatable bonds is 2. The van der Waals surface area contributed by atoms with Gasteiger partial charge in [-0.2, -0.15) is 9.61 Å². The minimum absolute atomic E-state index is 0.702. The molecular formula is C16H17N9. The molecule has 0 radical (unpaired) electrons. The number of fused-ring (bicyclic) bond motifs is 3. The average molecular weight is 335 g/mol. The van der Waals surface area contributed by atoms with E-state index in [1.54, 1.807) is 4.52 Å². The van der Waals surface area contributed by atoms with E-state index in [1.807, 2.05) is 48.4 Å². The molecule has 0 N–H and O–H groups in total. The summed E-state index contributed by atoms with van der Waals surface area (Å²) in [4.78, 5) is 9.42. The van der Waals surface area contributed by atoms with Crippen molar-refractivity contribution in [1.82, 2.24) is 34.8 Å².